The molecule has 2 heteroatoms. The number of pyridine rings is 1. The highest BCUT2D eigenvalue weighted by molar-refractivity contribution is 6.14. The standard InChI is InChI=1S/C17H11NO/c19-10-15-13-7-3-2-6-12(13)14-9-11-5-1-4-8-16(11)18-17(14)15/h1-10,18H. The molecule has 1 heterocycles. The molecule has 2 aromatic carbocycles. The largest absolute Gasteiger partial charge is 0.354 e. The van der Waals surface area contributed by atoms with Crippen LogP contribution in [0.5, 0.6) is 0 Å². The Morgan fingerprint density at radius 1 is 0.895 bits per heavy atom. The zero-order valence-electron chi connectivity index (χ0n) is 10.2. The zero-order chi connectivity index (χ0) is 12.8. The van der Waals surface area contributed by atoms with E-state index in [-0.39, 0.29) is 0 Å². The van der Waals surface area contributed by atoms with E-state index in [2.05, 4.69) is 23.2 Å². The summed E-state index contributed by atoms with van der Waals surface area (Å²) in [5, 5.41) is 3.30. The monoisotopic (exact) mass is 245 g/mol. The van der Waals surface area contributed by atoms with Crippen molar-refractivity contribution in [1.29, 1.82) is 0 Å². The number of aromatic amines is 1. The first-order valence-electron chi connectivity index (χ1n) is 6.26. The highest BCUT2D eigenvalue weighted by atomic mass is 16.1. The van der Waals surface area contributed by atoms with Crippen LogP contribution in [0.2, 0.25) is 0 Å². The van der Waals surface area contributed by atoms with Crippen molar-refractivity contribution < 1.29 is 4.79 Å². The number of aldehydes is 1. The smallest absolute Gasteiger partial charge is 0.152 e. The molecule has 0 amide bonds. The predicted octanol–water partition coefficient (Wildman–Crippen LogP) is 4.24. The van der Waals surface area contributed by atoms with Gasteiger partial charge in [-0.2, -0.15) is 0 Å². The van der Waals surface area contributed by atoms with Crippen LogP contribution in [0.3, 0.4) is 0 Å². The minimum absolute atomic E-state index is 0.747. The molecule has 2 nitrogen and oxygen atoms in total. The van der Waals surface area contributed by atoms with Crippen molar-refractivity contribution in [2.75, 3.05) is 0 Å². The second kappa shape index (κ2) is 3.69. The lowest BCUT2D eigenvalue weighted by Crippen LogP contribution is -1.88. The van der Waals surface area contributed by atoms with E-state index in [1.165, 1.54) is 0 Å². The number of rotatable bonds is 1. The highest BCUT2D eigenvalue weighted by Crippen LogP contribution is 2.38. The Balaban J connectivity index is 2.29. The third kappa shape index (κ3) is 1.34. The number of aromatic nitrogens is 1. The van der Waals surface area contributed by atoms with E-state index < -0.39 is 0 Å². The van der Waals surface area contributed by atoms with Gasteiger partial charge in [-0.25, -0.2) is 0 Å². The minimum atomic E-state index is 0.747. The molecule has 1 aliphatic carbocycles. The van der Waals surface area contributed by atoms with Gasteiger partial charge in [0.1, 0.15) is 0 Å². The van der Waals surface area contributed by atoms with E-state index in [0.29, 0.717) is 0 Å². The van der Waals surface area contributed by atoms with Gasteiger partial charge in [0.25, 0.3) is 0 Å². The van der Waals surface area contributed by atoms with Crippen LogP contribution < -0.4 is 0 Å². The van der Waals surface area contributed by atoms with Crippen molar-refractivity contribution >= 4 is 28.0 Å². The molecule has 0 saturated heterocycles. The van der Waals surface area contributed by atoms with Gasteiger partial charge in [-0.1, -0.05) is 42.5 Å². The molecule has 0 spiro atoms. The molecule has 4 rings (SSSR count). The van der Waals surface area contributed by atoms with E-state index in [1.807, 2.05) is 36.4 Å². The normalized spacial score (nSPS) is 11.4. The van der Waals surface area contributed by atoms with Gasteiger partial charge in [-0.15, -0.1) is 0 Å². The Labute approximate surface area is 110 Å². The molecular weight excluding hydrogens is 234 g/mol. The van der Waals surface area contributed by atoms with Crippen LogP contribution in [-0.4, -0.2) is 11.3 Å². The first-order valence-corrected chi connectivity index (χ1v) is 6.26. The topological polar surface area (TPSA) is 32.9 Å². The molecule has 19 heavy (non-hydrogen) atoms. The molecule has 0 fully saturated rings. The van der Waals surface area contributed by atoms with Crippen molar-refractivity contribution in [3.05, 3.63) is 60.2 Å². The van der Waals surface area contributed by atoms with Crippen LogP contribution in [0.25, 0.3) is 32.9 Å². The number of para-hydroxylation sites is 1. The summed E-state index contributed by atoms with van der Waals surface area (Å²) in [5.74, 6) is 0. The summed E-state index contributed by atoms with van der Waals surface area (Å²) in [6.07, 6.45) is 0.940. The minimum Gasteiger partial charge on any atom is -0.354 e. The summed E-state index contributed by atoms with van der Waals surface area (Å²) in [6, 6.07) is 18.3. The van der Waals surface area contributed by atoms with Gasteiger partial charge in [0.05, 0.1) is 5.69 Å². The van der Waals surface area contributed by atoms with Gasteiger partial charge in [0, 0.05) is 16.6 Å². The van der Waals surface area contributed by atoms with Crippen LogP contribution in [0.4, 0.5) is 0 Å². The Morgan fingerprint density at radius 3 is 2.47 bits per heavy atom. The average Bonchev–Trinajstić information content (AvgIpc) is 2.78. The van der Waals surface area contributed by atoms with E-state index in [9.17, 15) is 4.79 Å². The maximum Gasteiger partial charge on any atom is 0.152 e. The van der Waals surface area contributed by atoms with Crippen LogP contribution in [0, 0.1) is 0 Å². The first-order chi connectivity index (χ1) is 9.38. The van der Waals surface area contributed by atoms with Gasteiger partial charge in [0.15, 0.2) is 6.29 Å². The third-order valence-corrected chi connectivity index (χ3v) is 3.68. The van der Waals surface area contributed by atoms with Gasteiger partial charge in [-0.3, -0.25) is 4.79 Å². The lowest BCUT2D eigenvalue weighted by atomic mass is 10.1. The second-order valence-corrected chi connectivity index (χ2v) is 4.72. The van der Waals surface area contributed by atoms with Crippen molar-refractivity contribution in [1.82, 2.24) is 4.98 Å². The summed E-state index contributed by atoms with van der Waals surface area (Å²) >= 11 is 0. The van der Waals surface area contributed by atoms with Crippen LogP contribution in [0.15, 0.2) is 54.6 Å². The van der Waals surface area contributed by atoms with Gasteiger partial charge in [-0.05, 0) is 28.3 Å². The fourth-order valence-corrected chi connectivity index (χ4v) is 2.80. The molecular formula is C17H11NO. The molecule has 0 unspecified atom stereocenters. The lowest BCUT2D eigenvalue weighted by molar-refractivity contribution is 0.112. The maximum atomic E-state index is 11.4. The van der Waals surface area contributed by atoms with Crippen LogP contribution in [0.1, 0.15) is 10.4 Å². The Bertz CT molecular complexity index is 888. The summed E-state index contributed by atoms with van der Waals surface area (Å²) in [5.41, 5.74) is 3.83. The van der Waals surface area contributed by atoms with E-state index in [0.717, 1.165) is 44.8 Å². The molecule has 0 atom stereocenters. The van der Waals surface area contributed by atoms with E-state index in [1.54, 1.807) is 0 Å². The van der Waals surface area contributed by atoms with E-state index >= 15 is 0 Å². The Hall–Kier alpha value is -2.61. The summed E-state index contributed by atoms with van der Waals surface area (Å²) in [6.45, 7) is 0. The quantitative estimate of drug-likeness (QED) is 0.500. The fraction of sp³-hybridized carbons (Fsp3) is 0. The second-order valence-electron chi connectivity index (χ2n) is 4.72. The number of carbonyl (C=O) groups excluding carboxylic acids is 1. The molecule has 1 N–H and O–H groups in total. The average molecular weight is 245 g/mol. The SMILES string of the molecule is O=Cc1c2[nH]c3ccccc3cc-2c2ccccc12. The Kier molecular flexibility index (Phi) is 2.00. The van der Waals surface area contributed by atoms with Crippen molar-refractivity contribution in [3.8, 4) is 11.3 Å². The van der Waals surface area contributed by atoms with Crippen LogP contribution in [-0.2, 0) is 0 Å². The summed E-state index contributed by atoms with van der Waals surface area (Å²) in [4.78, 5) is 14.8. The summed E-state index contributed by atoms with van der Waals surface area (Å²) < 4.78 is 0. The molecule has 1 aliphatic heterocycles. The predicted molar refractivity (Wildman–Crippen MR) is 77.8 cm³/mol. The number of carbonyl (C=O) groups is 1. The zero-order valence-corrected chi connectivity index (χ0v) is 10.2. The van der Waals surface area contributed by atoms with Gasteiger partial charge >= 0.3 is 0 Å². The Morgan fingerprint density at radius 2 is 1.63 bits per heavy atom. The molecule has 0 aromatic heterocycles. The van der Waals surface area contributed by atoms with E-state index in [4.69, 9.17) is 0 Å². The molecule has 90 valence electrons. The molecule has 0 radical (unpaired) electrons. The highest BCUT2D eigenvalue weighted by Gasteiger charge is 2.17. The number of H-pyrrole nitrogens is 1. The number of nitrogens with one attached hydrogen (secondary N) is 1. The first kappa shape index (κ1) is 10.3. The third-order valence-electron chi connectivity index (χ3n) is 3.68. The van der Waals surface area contributed by atoms with Crippen molar-refractivity contribution in [3.63, 3.8) is 0 Å². The lowest BCUT2D eigenvalue weighted by Gasteiger charge is -2.05. The molecule has 0 bridgehead atoms. The number of benzene rings is 2. The number of hydrogen-bond donors (Lipinski definition) is 1. The van der Waals surface area contributed by atoms with Crippen LogP contribution >= 0.6 is 0 Å². The van der Waals surface area contributed by atoms with Gasteiger partial charge in [0.2, 0.25) is 0 Å². The van der Waals surface area contributed by atoms with Crippen molar-refractivity contribution in [2.24, 2.45) is 0 Å². The molecule has 0 saturated carbocycles. The maximum absolute atomic E-state index is 11.4. The van der Waals surface area contributed by atoms with Crippen molar-refractivity contribution in [2.45, 2.75) is 0 Å². The fourth-order valence-electron chi connectivity index (χ4n) is 2.80. The summed E-state index contributed by atoms with van der Waals surface area (Å²) in [7, 11) is 0. The number of hydrogen-bond acceptors (Lipinski definition) is 1. The molecule has 2 aliphatic rings. The number of fused-ring (bicyclic) bond motifs is 4. The molecule has 2 aromatic rings. The van der Waals surface area contributed by atoms with Gasteiger partial charge < -0.3 is 4.98 Å².